The summed E-state index contributed by atoms with van der Waals surface area (Å²) in [5.74, 6) is 1.08. The van der Waals surface area contributed by atoms with E-state index in [4.69, 9.17) is 4.74 Å². The van der Waals surface area contributed by atoms with Crippen LogP contribution in [0.1, 0.15) is 18.9 Å². The lowest BCUT2D eigenvalue weighted by Gasteiger charge is -2.36. The van der Waals surface area contributed by atoms with E-state index in [0.717, 1.165) is 12.3 Å². The first-order valence-corrected chi connectivity index (χ1v) is 6.47. The normalized spacial score (nSPS) is 32.4. The fourth-order valence-electron chi connectivity index (χ4n) is 2.39. The summed E-state index contributed by atoms with van der Waals surface area (Å²) in [6.45, 7) is 3.93. The fourth-order valence-corrected chi connectivity index (χ4v) is 3.92. The minimum Gasteiger partial charge on any atom is -0.508 e. The SMILES string of the molecule is CC1CCNC2(COc3cc(O)ccc32)S1. The van der Waals surface area contributed by atoms with Gasteiger partial charge in [0.15, 0.2) is 0 Å². The maximum Gasteiger partial charge on any atom is 0.129 e. The van der Waals surface area contributed by atoms with Crippen LogP contribution in [-0.2, 0) is 4.87 Å². The van der Waals surface area contributed by atoms with E-state index in [1.807, 2.05) is 17.8 Å². The van der Waals surface area contributed by atoms with Gasteiger partial charge in [-0.2, -0.15) is 0 Å². The topological polar surface area (TPSA) is 41.5 Å². The Hall–Kier alpha value is -0.870. The zero-order valence-electron chi connectivity index (χ0n) is 9.19. The molecule has 0 aliphatic carbocycles. The Morgan fingerprint density at radius 2 is 2.44 bits per heavy atom. The lowest BCUT2D eigenvalue weighted by atomic mass is 10.1. The lowest BCUT2D eigenvalue weighted by molar-refractivity contribution is 0.287. The fraction of sp³-hybridized carbons (Fsp3) is 0.500. The van der Waals surface area contributed by atoms with Crippen LogP contribution in [-0.4, -0.2) is 23.5 Å². The highest BCUT2D eigenvalue weighted by Gasteiger charge is 2.44. The highest BCUT2D eigenvalue weighted by molar-refractivity contribution is 8.00. The number of phenolic OH excluding ortho intramolecular Hbond substituents is 1. The lowest BCUT2D eigenvalue weighted by Crippen LogP contribution is -2.46. The molecule has 2 unspecified atom stereocenters. The second-order valence-electron chi connectivity index (χ2n) is 4.44. The number of aromatic hydroxyl groups is 1. The molecule has 0 aromatic heterocycles. The number of rotatable bonds is 0. The monoisotopic (exact) mass is 237 g/mol. The van der Waals surface area contributed by atoms with Crippen LogP contribution in [0, 0.1) is 0 Å². The number of benzene rings is 1. The maximum atomic E-state index is 9.43. The third-order valence-electron chi connectivity index (χ3n) is 3.19. The van der Waals surface area contributed by atoms with Crippen LogP contribution in [0.25, 0.3) is 0 Å². The summed E-state index contributed by atoms with van der Waals surface area (Å²) in [5, 5.41) is 13.6. The number of ether oxygens (including phenoxy) is 1. The Balaban J connectivity index is 2.01. The zero-order valence-corrected chi connectivity index (χ0v) is 10.0. The van der Waals surface area contributed by atoms with Gasteiger partial charge in [0.25, 0.3) is 0 Å². The number of thioether (sulfide) groups is 1. The van der Waals surface area contributed by atoms with Gasteiger partial charge in [0.05, 0.1) is 0 Å². The van der Waals surface area contributed by atoms with E-state index in [-0.39, 0.29) is 10.6 Å². The van der Waals surface area contributed by atoms with Gasteiger partial charge in [0.1, 0.15) is 23.0 Å². The highest BCUT2D eigenvalue weighted by Crippen LogP contribution is 2.49. The number of nitrogens with one attached hydrogen (secondary N) is 1. The molecule has 1 fully saturated rings. The molecular weight excluding hydrogens is 222 g/mol. The second-order valence-corrected chi connectivity index (χ2v) is 6.18. The summed E-state index contributed by atoms with van der Waals surface area (Å²) in [6, 6.07) is 5.40. The zero-order chi connectivity index (χ0) is 11.2. The average molecular weight is 237 g/mol. The third kappa shape index (κ3) is 1.48. The summed E-state index contributed by atoms with van der Waals surface area (Å²) in [6.07, 6.45) is 1.19. The minimum absolute atomic E-state index is 0.0965. The third-order valence-corrected chi connectivity index (χ3v) is 4.72. The highest BCUT2D eigenvalue weighted by atomic mass is 32.2. The molecule has 2 N–H and O–H groups in total. The van der Waals surface area contributed by atoms with Crippen molar-refractivity contribution in [2.75, 3.05) is 13.2 Å². The van der Waals surface area contributed by atoms with Gasteiger partial charge in [-0.15, -0.1) is 11.8 Å². The molecule has 2 atom stereocenters. The number of hydrogen-bond acceptors (Lipinski definition) is 4. The van der Waals surface area contributed by atoms with Gasteiger partial charge in [0.2, 0.25) is 0 Å². The molecule has 0 bridgehead atoms. The molecule has 86 valence electrons. The molecule has 0 saturated carbocycles. The molecule has 2 aliphatic heterocycles. The molecule has 3 nitrogen and oxygen atoms in total. The predicted octanol–water partition coefficient (Wildman–Crippen LogP) is 2.05. The first-order chi connectivity index (χ1) is 7.70. The summed E-state index contributed by atoms with van der Waals surface area (Å²) >= 11 is 1.93. The smallest absolute Gasteiger partial charge is 0.129 e. The molecular formula is C12H15NO2S. The summed E-state index contributed by atoms with van der Waals surface area (Å²) in [4.78, 5) is -0.0965. The van der Waals surface area contributed by atoms with Gasteiger partial charge in [-0.3, -0.25) is 5.32 Å². The van der Waals surface area contributed by atoms with E-state index in [0.29, 0.717) is 11.9 Å². The summed E-state index contributed by atoms with van der Waals surface area (Å²) < 4.78 is 5.68. The van der Waals surface area contributed by atoms with Crippen molar-refractivity contribution < 1.29 is 9.84 Å². The molecule has 2 heterocycles. The van der Waals surface area contributed by atoms with Crippen molar-refractivity contribution in [3.8, 4) is 11.5 Å². The van der Waals surface area contributed by atoms with Crippen molar-refractivity contribution in [2.24, 2.45) is 0 Å². The van der Waals surface area contributed by atoms with Gasteiger partial charge in [-0.05, 0) is 25.1 Å². The van der Waals surface area contributed by atoms with Crippen molar-refractivity contribution in [2.45, 2.75) is 23.5 Å². The number of fused-ring (bicyclic) bond motifs is 2. The Morgan fingerprint density at radius 3 is 3.25 bits per heavy atom. The Morgan fingerprint density at radius 1 is 1.56 bits per heavy atom. The van der Waals surface area contributed by atoms with Gasteiger partial charge < -0.3 is 9.84 Å². The molecule has 1 aromatic rings. The summed E-state index contributed by atoms with van der Waals surface area (Å²) in [5.41, 5.74) is 1.17. The quantitative estimate of drug-likeness (QED) is 0.724. The van der Waals surface area contributed by atoms with Crippen LogP contribution >= 0.6 is 11.8 Å². The molecule has 1 spiro atoms. The van der Waals surface area contributed by atoms with Crippen molar-refractivity contribution >= 4 is 11.8 Å². The van der Waals surface area contributed by atoms with Gasteiger partial charge in [-0.25, -0.2) is 0 Å². The van der Waals surface area contributed by atoms with Crippen molar-refractivity contribution in [1.29, 1.82) is 0 Å². The number of hydrogen-bond donors (Lipinski definition) is 2. The largest absolute Gasteiger partial charge is 0.508 e. The van der Waals surface area contributed by atoms with Crippen LogP contribution < -0.4 is 10.1 Å². The van der Waals surface area contributed by atoms with Crippen LogP contribution in [0.4, 0.5) is 0 Å². The predicted molar refractivity (Wildman–Crippen MR) is 65.0 cm³/mol. The average Bonchev–Trinajstić information content (AvgIpc) is 2.57. The molecule has 3 rings (SSSR count). The van der Waals surface area contributed by atoms with Gasteiger partial charge in [0, 0.05) is 16.9 Å². The molecule has 1 saturated heterocycles. The Bertz CT molecular complexity index is 423. The maximum absolute atomic E-state index is 9.43. The van der Waals surface area contributed by atoms with Gasteiger partial charge in [-0.1, -0.05) is 6.92 Å². The molecule has 0 amide bonds. The first-order valence-electron chi connectivity index (χ1n) is 5.59. The minimum atomic E-state index is -0.0965. The van der Waals surface area contributed by atoms with Crippen LogP contribution in [0.2, 0.25) is 0 Å². The van der Waals surface area contributed by atoms with E-state index in [9.17, 15) is 5.11 Å². The summed E-state index contributed by atoms with van der Waals surface area (Å²) in [7, 11) is 0. The van der Waals surface area contributed by atoms with Crippen molar-refractivity contribution in [1.82, 2.24) is 5.32 Å². The molecule has 16 heavy (non-hydrogen) atoms. The van der Waals surface area contributed by atoms with E-state index in [1.165, 1.54) is 12.0 Å². The van der Waals surface area contributed by atoms with Crippen LogP contribution in [0.3, 0.4) is 0 Å². The second kappa shape index (κ2) is 3.57. The molecule has 2 aliphatic rings. The molecule has 1 aromatic carbocycles. The van der Waals surface area contributed by atoms with E-state index in [2.05, 4.69) is 12.2 Å². The van der Waals surface area contributed by atoms with Crippen molar-refractivity contribution in [3.05, 3.63) is 23.8 Å². The van der Waals surface area contributed by atoms with Crippen LogP contribution in [0.15, 0.2) is 18.2 Å². The standard InChI is InChI=1S/C12H15NO2S/c1-8-4-5-13-12(16-8)7-15-11-6-9(14)2-3-10(11)12/h2-3,6,8,13-14H,4-5,7H2,1H3. The Labute approximate surface area is 99.2 Å². The van der Waals surface area contributed by atoms with Crippen LogP contribution in [0.5, 0.6) is 11.5 Å². The van der Waals surface area contributed by atoms with Gasteiger partial charge >= 0.3 is 0 Å². The van der Waals surface area contributed by atoms with E-state index < -0.39 is 0 Å². The van der Waals surface area contributed by atoms with E-state index in [1.54, 1.807) is 12.1 Å². The molecule has 4 heteroatoms. The molecule has 0 radical (unpaired) electrons. The first kappa shape index (κ1) is 10.3. The Kier molecular flexibility index (Phi) is 2.30. The number of phenols is 1. The van der Waals surface area contributed by atoms with E-state index >= 15 is 0 Å². The van der Waals surface area contributed by atoms with Crippen molar-refractivity contribution in [3.63, 3.8) is 0 Å².